The third-order valence-corrected chi connectivity index (χ3v) is 2.55. The number of carbonyl (C=O) groups is 1. The Morgan fingerprint density at radius 2 is 2.12 bits per heavy atom. The fourth-order valence-corrected chi connectivity index (χ4v) is 1.44. The molecule has 16 heavy (non-hydrogen) atoms. The van der Waals surface area contributed by atoms with Gasteiger partial charge in [-0.2, -0.15) is 0 Å². The Hall–Kier alpha value is -1.55. The molecule has 0 fully saturated rings. The molecular formula is C12H16O4. The number of hydrogen-bond acceptors (Lipinski definition) is 3. The van der Waals surface area contributed by atoms with Crippen molar-refractivity contribution in [2.24, 2.45) is 0 Å². The average Bonchev–Trinajstić information content (AvgIpc) is 2.20. The minimum atomic E-state index is -1.74. The van der Waals surface area contributed by atoms with E-state index in [1.807, 2.05) is 13.0 Å². The number of hydrogen-bond donors (Lipinski definition) is 2. The number of aliphatic hydroxyl groups is 1. The molecular weight excluding hydrogens is 208 g/mol. The van der Waals surface area contributed by atoms with Crippen LogP contribution in [0.4, 0.5) is 0 Å². The lowest BCUT2D eigenvalue weighted by Crippen LogP contribution is -2.37. The van der Waals surface area contributed by atoms with Crippen molar-refractivity contribution in [1.82, 2.24) is 0 Å². The Bertz CT molecular complexity index is 396. The van der Waals surface area contributed by atoms with Crippen LogP contribution in [0.25, 0.3) is 0 Å². The summed E-state index contributed by atoms with van der Waals surface area (Å²) in [6, 6.07) is 5.33. The lowest BCUT2D eigenvalue weighted by atomic mass is 9.94. The first-order valence-electron chi connectivity index (χ1n) is 4.96. The zero-order chi connectivity index (χ0) is 12.3. The highest BCUT2D eigenvalue weighted by atomic mass is 16.5. The first-order valence-corrected chi connectivity index (χ1v) is 4.96. The maximum absolute atomic E-state index is 10.8. The second-order valence-electron chi connectivity index (χ2n) is 4.05. The van der Waals surface area contributed by atoms with E-state index < -0.39 is 11.6 Å². The summed E-state index contributed by atoms with van der Waals surface area (Å²) in [7, 11) is 1.57. The normalized spacial score (nSPS) is 14.2. The molecule has 0 aromatic heterocycles. The number of ether oxygens (including phenoxy) is 1. The molecule has 2 N–H and O–H groups in total. The van der Waals surface area contributed by atoms with Crippen molar-refractivity contribution in [1.29, 1.82) is 0 Å². The van der Waals surface area contributed by atoms with Gasteiger partial charge in [-0.25, -0.2) is 4.79 Å². The van der Waals surface area contributed by atoms with Gasteiger partial charge in [0.2, 0.25) is 0 Å². The number of aryl methyl sites for hydroxylation is 1. The van der Waals surface area contributed by atoms with Gasteiger partial charge in [0.05, 0.1) is 7.11 Å². The summed E-state index contributed by atoms with van der Waals surface area (Å²) in [5.74, 6) is -0.501. The Morgan fingerprint density at radius 3 is 2.56 bits per heavy atom. The zero-order valence-corrected chi connectivity index (χ0v) is 9.65. The maximum atomic E-state index is 10.8. The van der Waals surface area contributed by atoms with Crippen LogP contribution in [0.1, 0.15) is 18.1 Å². The maximum Gasteiger partial charge on any atom is 0.335 e. The van der Waals surface area contributed by atoms with Crippen molar-refractivity contribution in [2.45, 2.75) is 25.9 Å². The van der Waals surface area contributed by atoms with Gasteiger partial charge in [-0.05, 0) is 37.1 Å². The first-order chi connectivity index (χ1) is 7.36. The SMILES string of the molecule is COc1ccc(CC(C)(O)C(=O)O)c(C)c1. The van der Waals surface area contributed by atoms with Crippen molar-refractivity contribution in [3.8, 4) is 5.75 Å². The number of carboxylic acid groups (broad SMARTS) is 1. The van der Waals surface area contributed by atoms with Gasteiger partial charge in [0.15, 0.2) is 5.60 Å². The summed E-state index contributed by atoms with van der Waals surface area (Å²) in [5.41, 5.74) is -0.0339. The third kappa shape index (κ3) is 2.73. The monoisotopic (exact) mass is 224 g/mol. The molecule has 1 aromatic carbocycles. The summed E-state index contributed by atoms with van der Waals surface area (Å²) < 4.78 is 5.05. The largest absolute Gasteiger partial charge is 0.497 e. The van der Waals surface area contributed by atoms with E-state index in [0.29, 0.717) is 0 Å². The molecule has 0 spiro atoms. The molecule has 1 atom stereocenters. The topological polar surface area (TPSA) is 66.8 Å². The molecule has 4 heteroatoms. The molecule has 0 saturated carbocycles. The van der Waals surface area contributed by atoms with Gasteiger partial charge in [0.1, 0.15) is 5.75 Å². The van der Waals surface area contributed by atoms with Gasteiger partial charge in [-0.15, -0.1) is 0 Å². The van der Waals surface area contributed by atoms with E-state index in [9.17, 15) is 9.90 Å². The van der Waals surface area contributed by atoms with Crippen LogP contribution in [-0.4, -0.2) is 28.9 Å². The van der Waals surface area contributed by atoms with E-state index in [2.05, 4.69) is 0 Å². The van der Waals surface area contributed by atoms with E-state index in [0.717, 1.165) is 16.9 Å². The lowest BCUT2D eigenvalue weighted by Gasteiger charge is -2.19. The van der Waals surface area contributed by atoms with E-state index in [-0.39, 0.29) is 6.42 Å². The zero-order valence-electron chi connectivity index (χ0n) is 9.65. The molecule has 0 bridgehead atoms. The highest BCUT2D eigenvalue weighted by Gasteiger charge is 2.30. The average molecular weight is 224 g/mol. The second-order valence-corrected chi connectivity index (χ2v) is 4.05. The summed E-state index contributed by atoms with van der Waals surface area (Å²) in [5, 5.41) is 18.5. The number of benzene rings is 1. The van der Waals surface area contributed by atoms with E-state index in [1.165, 1.54) is 6.92 Å². The number of carboxylic acids is 1. The fourth-order valence-electron chi connectivity index (χ4n) is 1.44. The predicted molar refractivity (Wildman–Crippen MR) is 59.7 cm³/mol. The molecule has 0 aliphatic rings. The molecule has 0 radical (unpaired) electrons. The van der Waals surface area contributed by atoms with E-state index in [1.54, 1.807) is 19.2 Å². The van der Waals surface area contributed by atoms with Crippen LogP contribution in [0.2, 0.25) is 0 Å². The number of aliphatic carboxylic acids is 1. The predicted octanol–water partition coefficient (Wildman–Crippen LogP) is 1.38. The fraction of sp³-hybridized carbons (Fsp3) is 0.417. The van der Waals surface area contributed by atoms with Crippen molar-refractivity contribution >= 4 is 5.97 Å². The summed E-state index contributed by atoms with van der Waals surface area (Å²) in [4.78, 5) is 10.8. The molecule has 88 valence electrons. The standard InChI is InChI=1S/C12H16O4/c1-8-6-10(16-3)5-4-9(8)7-12(2,15)11(13)14/h4-6,15H,7H2,1-3H3,(H,13,14). The molecule has 0 aliphatic carbocycles. The van der Waals surface area contributed by atoms with Crippen LogP contribution >= 0.6 is 0 Å². The van der Waals surface area contributed by atoms with Gasteiger partial charge in [-0.1, -0.05) is 6.07 Å². The molecule has 0 heterocycles. The van der Waals surface area contributed by atoms with Crippen LogP contribution in [0, 0.1) is 6.92 Å². The molecule has 0 saturated heterocycles. The number of methoxy groups -OCH3 is 1. The lowest BCUT2D eigenvalue weighted by molar-refractivity contribution is -0.156. The van der Waals surface area contributed by atoms with Gasteiger partial charge in [-0.3, -0.25) is 0 Å². The summed E-state index contributed by atoms with van der Waals surface area (Å²) in [6.45, 7) is 3.15. The van der Waals surface area contributed by atoms with Crippen LogP contribution in [-0.2, 0) is 11.2 Å². The van der Waals surface area contributed by atoms with E-state index >= 15 is 0 Å². The first kappa shape index (κ1) is 12.5. The Balaban J connectivity index is 2.94. The summed E-state index contributed by atoms with van der Waals surface area (Å²) in [6.07, 6.45) is 0.0815. The van der Waals surface area contributed by atoms with Gasteiger partial charge in [0, 0.05) is 6.42 Å². The van der Waals surface area contributed by atoms with Gasteiger partial charge in [0.25, 0.3) is 0 Å². The molecule has 1 aromatic rings. The Kier molecular flexibility index (Phi) is 3.55. The molecule has 1 unspecified atom stereocenters. The smallest absolute Gasteiger partial charge is 0.335 e. The molecule has 0 aliphatic heterocycles. The van der Waals surface area contributed by atoms with Gasteiger partial charge >= 0.3 is 5.97 Å². The highest BCUT2D eigenvalue weighted by Crippen LogP contribution is 2.21. The van der Waals surface area contributed by atoms with Crippen LogP contribution in [0.5, 0.6) is 5.75 Å². The van der Waals surface area contributed by atoms with Crippen LogP contribution < -0.4 is 4.74 Å². The Labute approximate surface area is 94.5 Å². The van der Waals surface area contributed by atoms with Crippen molar-refractivity contribution < 1.29 is 19.7 Å². The minimum Gasteiger partial charge on any atom is -0.497 e. The van der Waals surface area contributed by atoms with Crippen molar-refractivity contribution in [3.63, 3.8) is 0 Å². The second kappa shape index (κ2) is 4.53. The molecule has 1 rings (SSSR count). The third-order valence-electron chi connectivity index (χ3n) is 2.55. The van der Waals surface area contributed by atoms with Crippen molar-refractivity contribution in [3.05, 3.63) is 29.3 Å². The van der Waals surface area contributed by atoms with Gasteiger partial charge < -0.3 is 14.9 Å². The Morgan fingerprint density at radius 1 is 1.50 bits per heavy atom. The molecule has 0 amide bonds. The highest BCUT2D eigenvalue weighted by molar-refractivity contribution is 5.77. The summed E-state index contributed by atoms with van der Waals surface area (Å²) >= 11 is 0. The van der Waals surface area contributed by atoms with E-state index in [4.69, 9.17) is 9.84 Å². The minimum absolute atomic E-state index is 0.0815. The number of rotatable bonds is 4. The van der Waals surface area contributed by atoms with Crippen molar-refractivity contribution in [2.75, 3.05) is 7.11 Å². The molecule has 4 nitrogen and oxygen atoms in total. The van der Waals surface area contributed by atoms with Crippen LogP contribution in [0.15, 0.2) is 18.2 Å². The van der Waals surface area contributed by atoms with Crippen LogP contribution in [0.3, 0.4) is 0 Å². The quantitative estimate of drug-likeness (QED) is 0.810.